The summed E-state index contributed by atoms with van der Waals surface area (Å²) in [6.07, 6.45) is 4.97. The second-order valence-corrected chi connectivity index (χ2v) is 6.10. The van der Waals surface area contributed by atoms with Crippen molar-refractivity contribution < 1.29 is 18.3 Å². The van der Waals surface area contributed by atoms with E-state index in [0.29, 0.717) is 0 Å². The Labute approximate surface area is 122 Å². The van der Waals surface area contributed by atoms with Gasteiger partial charge in [-0.1, -0.05) is 62.1 Å². The Balaban J connectivity index is 4.24. The van der Waals surface area contributed by atoms with Gasteiger partial charge < -0.3 is 4.74 Å². The largest absolute Gasteiger partial charge is 0.462 e. The first-order valence-corrected chi connectivity index (χ1v) is 7.81. The minimum atomic E-state index is -3.38. The van der Waals surface area contributed by atoms with E-state index in [0.717, 1.165) is 32.1 Å². The number of carbonyl (C=O) groups is 1. The zero-order chi connectivity index (χ0) is 14.2. The summed E-state index contributed by atoms with van der Waals surface area (Å²) in [5.41, 5.74) is 0. The van der Waals surface area contributed by atoms with Gasteiger partial charge in [-0.25, -0.2) is 4.79 Å². The van der Waals surface area contributed by atoms with E-state index in [1.165, 1.54) is 13.8 Å². The number of esters is 1. The molecular formula is C13H23F2IO2. The van der Waals surface area contributed by atoms with Crippen LogP contribution in [0.15, 0.2) is 0 Å². The van der Waals surface area contributed by atoms with Crippen LogP contribution in [0.1, 0.15) is 52.9 Å². The van der Waals surface area contributed by atoms with Crippen LogP contribution in [-0.4, -0.2) is 22.4 Å². The number of hydrogen-bond acceptors (Lipinski definition) is 2. The third kappa shape index (κ3) is 5.80. The molecule has 18 heavy (non-hydrogen) atoms. The van der Waals surface area contributed by atoms with E-state index in [9.17, 15) is 13.6 Å². The topological polar surface area (TPSA) is 26.3 Å². The van der Waals surface area contributed by atoms with Crippen LogP contribution in [0.25, 0.3) is 0 Å². The minimum Gasteiger partial charge on any atom is -0.462 e. The number of hydrogen-bond donors (Lipinski definition) is 0. The molecule has 108 valence electrons. The van der Waals surface area contributed by atoms with Crippen LogP contribution in [0.5, 0.6) is 0 Å². The lowest BCUT2D eigenvalue weighted by Gasteiger charge is -2.25. The van der Waals surface area contributed by atoms with Crippen molar-refractivity contribution in [3.8, 4) is 0 Å². The Bertz CT molecular complexity index is 247. The summed E-state index contributed by atoms with van der Waals surface area (Å²) in [7, 11) is 0. The second-order valence-electron chi connectivity index (χ2n) is 4.50. The molecule has 0 heterocycles. The van der Waals surface area contributed by atoms with Crippen molar-refractivity contribution in [2.75, 3.05) is 6.61 Å². The first kappa shape index (κ1) is 18.1. The summed E-state index contributed by atoms with van der Waals surface area (Å²) in [6.45, 7) is 5.06. The van der Waals surface area contributed by atoms with Crippen molar-refractivity contribution >= 4 is 28.6 Å². The lowest BCUT2D eigenvalue weighted by Crippen LogP contribution is -2.41. The lowest BCUT2D eigenvalue weighted by molar-refractivity contribution is -0.178. The summed E-state index contributed by atoms with van der Waals surface area (Å²) >= 11 is 2.02. The molecule has 0 bridgehead atoms. The number of carbonyl (C=O) groups excluding carboxylic acids is 1. The average molecular weight is 376 g/mol. The van der Waals surface area contributed by atoms with Gasteiger partial charge in [-0.2, -0.15) is 8.78 Å². The Morgan fingerprint density at radius 3 is 2.39 bits per heavy atom. The highest BCUT2D eigenvalue weighted by atomic mass is 127. The van der Waals surface area contributed by atoms with Gasteiger partial charge in [-0.3, -0.25) is 0 Å². The number of alkyl halides is 3. The van der Waals surface area contributed by atoms with Crippen molar-refractivity contribution in [1.82, 2.24) is 0 Å². The molecule has 0 aromatic rings. The molecule has 5 heteroatoms. The third-order valence-corrected chi connectivity index (χ3v) is 4.70. The van der Waals surface area contributed by atoms with E-state index < -0.39 is 17.8 Å². The van der Waals surface area contributed by atoms with Gasteiger partial charge in [-0.15, -0.1) is 0 Å². The van der Waals surface area contributed by atoms with Crippen molar-refractivity contribution in [3.05, 3.63) is 0 Å². The molecule has 0 aromatic heterocycles. The molecule has 0 aliphatic rings. The number of halogens is 3. The molecule has 0 aliphatic heterocycles. The molecular weight excluding hydrogens is 353 g/mol. The quantitative estimate of drug-likeness (QED) is 0.255. The molecule has 0 rings (SSSR count). The molecule has 2 unspecified atom stereocenters. The maximum absolute atomic E-state index is 13.7. The smallest absolute Gasteiger partial charge is 0.377 e. The van der Waals surface area contributed by atoms with Crippen LogP contribution in [0.4, 0.5) is 8.78 Å². The fourth-order valence-electron chi connectivity index (χ4n) is 1.66. The SMILES string of the molecule is CCCCCCC(I)C(C)C(F)(F)C(=O)OCC. The minimum absolute atomic E-state index is 0.0104. The van der Waals surface area contributed by atoms with Gasteiger partial charge in [0.25, 0.3) is 0 Å². The highest BCUT2D eigenvalue weighted by molar-refractivity contribution is 14.1. The summed E-state index contributed by atoms with van der Waals surface area (Å²) in [6, 6.07) is 0. The van der Waals surface area contributed by atoms with Crippen LogP contribution >= 0.6 is 22.6 Å². The molecule has 2 nitrogen and oxygen atoms in total. The molecule has 0 saturated carbocycles. The normalized spacial score (nSPS) is 15.2. The Hall–Kier alpha value is 0.0600. The molecule has 0 aliphatic carbocycles. The van der Waals surface area contributed by atoms with Crippen molar-refractivity contribution in [2.24, 2.45) is 5.92 Å². The summed E-state index contributed by atoms with van der Waals surface area (Å²) in [5, 5.41) is 0. The molecule has 0 aromatic carbocycles. The highest BCUT2D eigenvalue weighted by Gasteiger charge is 2.48. The van der Waals surface area contributed by atoms with Gasteiger partial charge in [0, 0.05) is 9.84 Å². The predicted octanol–water partition coefficient (Wildman–Crippen LogP) is 4.59. The van der Waals surface area contributed by atoms with Gasteiger partial charge >= 0.3 is 11.9 Å². The Kier molecular flexibility index (Phi) is 9.07. The highest BCUT2D eigenvalue weighted by Crippen LogP contribution is 2.34. The number of rotatable bonds is 9. The van der Waals surface area contributed by atoms with Crippen LogP contribution in [0.2, 0.25) is 0 Å². The van der Waals surface area contributed by atoms with E-state index in [4.69, 9.17) is 0 Å². The fraction of sp³-hybridized carbons (Fsp3) is 0.923. The Morgan fingerprint density at radius 1 is 1.28 bits per heavy atom. The van der Waals surface area contributed by atoms with E-state index >= 15 is 0 Å². The first-order valence-electron chi connectivity index (χ1n) is 6.56. The van der Waals surface area contributed by atoms with Crippen LogP contribution in [0.3, 0.4) is 0 Å². The third-order valence-electron chi connectivity index (χ3n) is 3.00. The van der Waals surface area contributed by atoms with Crippen LogP contribution < -0.4 is 0 Å². The van der Waals surface area contributed by atoms with E-state index in [-0.39, 0.29) is 10.5 Å². The summed E-state index contributed by atoms with van der Waals surface area (Å²) < 4.78 is 31.7. The average Bonchev–Trinajstić information content (AvgIpc) is 2.33. The van der Waals surface area contributed by atoms with Gasteiger partial charge in [0.15, 0.2) is 0 Å². The molecule has 0 fully saturated rings. The van der Waals surface area contributed by atoms with Gasteiger partial charge in [0.05, 0.1) is 6.61 Å². The van der Waals surface area contributed by atoms with Crippen molar-refractivity contribution in [2.45, 2.75) is 62.7 Å². The molecule has 0 spiro atoms. The van der Waals surface area contributed by atoms with Crippen LogP contribution in [-0.2, 0) is 9.53 Å². The van der Waals surface area contributed by atoms with Crippen LogP contribution in [0, 0.1) is 5.92 Å². The maximum atomic E-state index is 13.7. The molecule has 0 saturated heterocycles. The van der Waals surface area contributed by atoms with Gasteiger partial charge in [0.2, 0.25) is 0 Å². The monoisotopic (exact) mass is 376 g/mol. The predicted molar refractivity (Wildman–Crippen MR) is 77.3 cm³/mol. The van der Waals surface area contributed by atoms with E-state index in [1.54, 1.807) is 0 Å². The van der Waals surface area contributed by atoms with Gasteiger partial charge in [-0.05, 0) is 13.3 Å². The number of unbranched alkanes of at least 4 members (excludes halogenated alkanes) is 3. The fourth-order valence-corrected chi connectivity index (χ4v) is 2.55. The molecule has 0 radical (unpaired) electrons. The maximum Gasteiger partial charge on any atom is 0.377 e. The zero-order valence-electron chi connectivity index (χ0n) is 11.3. The molecule has 2 atom stereocenters. The summed E-state index contributed by atoms with van der Waals surface area (Å²) in [5.74, 6) is -5.77. The van der Waals surface area contributed by atoms with Crippen molar-refractivity contribution in [1.29, 1.82) is 0 Å². The lowest BCUT2D eigenvalue weighted by atomic mass is 9.96. The van der Waals surface area contributed by atoms with Crippen molar-refractivity contribution in [3.63, 3.8) is 0 Å². The standard InChI is InChI=1S/C13H23F2IO2/c1-4-6-7-8-9-11(16)10(3)13(14,15)12(17)18-5-2/h10-11H,4-9H2,1-3H3. The number of ether oxygens (including phenoxy) is 1. The second kappa shape index (κ2) is 9.04. The van der Waals surface area contributed by atoms with E-state index in [1.807, 2.05) is 22.6 Å². The molecule has 0 amide bonds. The summed E-state index contributed by atoms with van der Waals surface area (Å²) in [4.78, 5) is 11.2. The zero-order valence-corrected chi connectivity index (χ0v) is 13.5. The Morgan fingerprint density at radius 2 is 1.89 bits per heavy atom. The van der Waals surface area contributed by atoms with Gasteiger partial charge in [0.1, 0.15) is 0 Å². The molecule has 0 N–H and O–H groups in total. The first-order chi connectivity index (χ1) is 8.37. The van der Waals surface area contributed by atoms with E-state index in [2.05, 4.69) is 11.7 Å².